The van der Waals surface area contributed by atoms with Crippen molar-refractivity contribution in [2.75, 3.05) is 4.90 Å². The van der Waals surface area contributed by atoms with E-state index in [1.165, 1.54) is 24.0 Å². The zero-order valence-corrected chi connectivity index (χ0v) is 13.0. The summed E-state index contributed by atoms with van der Waals surface area (Å²) in [5.74, 6) is -0.0615. The molecule has 1 unspecified atom stereocenters. The third-order valence-electron chi connectivity index (χ3n) is 3.53. The van der Waals surface area contributed by atoms with Gasteiger partial charge < -0.3 is 4.90 Å². The van der Waals surface area contributed by atoms with Crippen LogP contribution in [-0.2, 0) is 17.5 Å². The second kappa shape index (κ2) is 5.88. The Kier molecular flexibility index (Phi) is 4.06. The van der Waals surface area contributed by atoms with Crippen LogP contribution in [0.15, 0.2) is 47.5 Å². The highest BCUT2D eigenvalue weighted by atomic mass is 32.2. The van der Waals surface area contributed by atoms with Gasteiger partial charge in [0.1, 0.15) is 5.69 Å². The molecule has 0 fully saturated rings. The van der Waals surface area contributed by atoms with E-state index in [1.807, 2.05) is 31.2 Å². The summed E-state index contributed by atoms with van der Waals surface area (Å²) in [6.07, 6.45) is -3.29. The molecule has 7 heteroatoms. The van der Waals surface area contributed by atoms with E-state index in [0.29, 0.717) is 5.56 Å². The monoisotopic (exact) mass is 338 g/mol. The van der Waals surface area contributed by atoms with Crippen LogP contribution in [-0.4, -0.2) is 16.1 Å². The van der Waals surface area contributed by atoms with E-state index >= 15 is 0 Å². The Balaban J connectivity index is 1.88. The number of para-hydroxylation sites is 1. The number of fused-ring (bicyclic) bond motifs is 1. The first-order valence-electron chi connectivity index (χ1n) is 6.95. The van der Waals surface area contributed by atoms with Gasteiger partial charge in [-0.05, 0) is 30.7 Å². The molecule has 0 saturated carbocycles. The van der Waals surface area contributed by atoms with Gasteiger partial charge in [-0.25, -0.2) is 0 Å². The van der Waals surface area contributed by atoms with E-state index in [4.69, 9.17) is 0 Å². The summed E-state index contributed by atoms with van der Waals surface area (Å²) in [5, 5.41) is -0.229. The first-order chi connectivity index (χ1) is 10.9. The van der Waals surface area contributed by atoms with E-state index in [0.717, 1.165) is 16.6 Å². The average Bonchev–Trinajstić information content (AvgIpc) is 2.51. The van der Waals surface area contributed by atoms with Gasteiger partial charge >= 0.3 is 6.18 Å². The number of anilines is 1. The van der Waals surface area contributed by atoms with Crippen LogP contribution in [0.4, 0.5) is 18.9 Å². The maximum absolute atomic E-state index is 12.6. The molecule has 0 aliphatic carbocycles. The Morgan fingerprint density at radius 2 is 1.96 bits per heavy atom. The number of aromatic nitrogens is 1. The largest absolute Gasteiger partial charge is 0.433 e. The van der Waals surface area contributed by atoms with Gasteiger partial charge in [-0.1, -0.05) is 18.2 Å². The van der Waals surface area contributed by atoms with Crippen LogP contribution in [0.3, 0.4) is 0 Å². The van der Waals surface area contributed by atoms with Crippen molar-refractivity contribution >= 4 is 23.4 Å². The number of nitrogens with zero attached hydrogens (tertiary/aromatic N) is 2. The number of rotatable bonds is 2. The van der Waals surface area contributed by atoms with Crippen LogP contribution in [0.5, 0.6) is 0 Å². The van der Waals surface area contributed by atoms with E-state index in [9.17, 15) is 18.0 Å². The zero-order chi connectivity index (χ0) is 16.6. The van der Waals surface area contributed by atoms with Gasteiger partial charge in [0.25, 0.3) is 0 Å². The summed E-state index contributed by atoms with van der Waals surface area (Å²) in [7, 11) is 0. The van der Waals surface area contributed by atoms with Crippen molar-refractivity contribution in [3.63, 3.8) is 0 Å². The van der Waals surface area contributed by atoms with Gasteiger partial charge in [0.15, 0.2) is 0 Å². The maximum atomic E-state index is 12.6. The van der Waals surface area contributed by atoms with Crippen molar-refractivity contribution in [2.45, 2.75) is 29.8 Å². The molecule has 0 saturated heterocycles. The molecule has 1 aliphatic rings. The smallest absolute Gasteiger partial charge is 0.306 e. The minimum atomic E-state index is -4.46. The minimum Gasteiger partial charge on any atom is -0.306 e. The number of carbonyl (C=O) groups excluding carboxylic acids is 1. The van der Waals surface area contributed by atoms with Crippen molar-refractivity contribution < 1.29 is 18.0 Å². The predicted octanol–water partition coefficient (Wildman–Crippen LogP) is 4.13. The number of hydrogen-bond acceptors (Lipinski definition) is 3. The van der Waals surface area contributed by atoms with Crippen LogP contribution < -0.4 is 4.90 Å². The van der Waals surface area contributed by atoms with Gasteiger partial charge in [0.2, 0.25) is 5.91 Å². The molecular weight excluding hydrogens is 325 g/mol. The molecule has 2 aromatic rings. The summed E-state index contributed by atoms with van der Waals surface area (Å²) in [6, 6.07) is 9.80. The fourth-order valence-electron chi connectivity index (χ4n) is 2.39. The van der Waals surface area contributed by atoms with Crippen LogP contribution in [0.1, 0.15) is 18.2 Å². The topological polar surface area (TPSA) is 33.2 Å². The summed E-state index contributed by atoms with van der Waals surface area (Å²) in [4.78, 5) is 18.5. The molecule has 3 rings (SSSR count). The third kappa shape index (κ3) is 3.19. The number of alkyl halides is 3. The molecule has 0 spiro atoms. The summed E-state index contributed by atoms with van der Waals surface area (Å²) in [5.41, 5.74) is 0.399. The summed E-state index contributed by atoms with van der Waals surface area (Å²) in [6.45, 7) is 2.02. The minimum absolute atomic E-state index is 0.0615. The highest BCUT2D eigenvalue weighted by molar-refractivity contribution is 8.00. The zero-order valence-electron chi connectivity index (χ0n) is 12.2. The van der Waals surface area contributed by atoms with Crippen LogP contribution in [0.2, 0.25) is 0 Å². The van der Waals surface area contributed by atoms with Crippen molar-refractivity contribution in [3.8, 4) is 0 Å². The average molecular weight is 338 g/mol. The van der Waals surface area contributed by atoms with Crippen molar-refractivity contribution in [3.05, 3.63) is 53.9 Å². The molecule has 3 nitrogen and oxygen atoms in total. The lowest BCUT2D eigenvalue weighted by Gasteiger charge is -2.32. The molecule has 1 aromatic carbocycles. The highest BCUT2D eigenvalue weighted by Crippen LogP contribution is 2.39. The summed E-state index contributed by atoms with van der Waals surface area (Å²) >= 11 is 1.48. The molecular formula is C16H13F3N2OS. The summed E-state index contributed by atoms with van der Waals surface area (Å²) < 4.78 is 37.7. The van der Waals surface area contributed by atoms with E-state index in [1.54, 1.807) is 4.90 Å². The van der Waals surface area contributed by atoms with Gasteiger partial charge in [-0.3, -0.25) is 9.78 Å². The second-order valence-corrected chi connectivity index (χ2v) is 6.58. The Hall–Kier alpha value is -2.02. The molecule has 120 valence electrons. The highest BCUT2D eigenvalue weighted by Gasteiger charge is 2.33. The molecule has 23 heavy (non-hydrogen) atoms. The predicted molar refractivity (Wildman–Crippen MR) is 82.2 cm³/mol. The normalized spacial score (nSPS) is 18.0. The Labute approximate surface area is 135 Å². The number of benzene rings is 1. The van der Waals surface area contributed by atoms with Crippen molar-refractivity contribution in [2.24, 2.45) is 0 Å². The fraction of sp³-hybridized carbons (Fsp3) is 0.250. The van der Waals surface area contributed by atoms with Gasteiger partial charge in [-0.2, -0.15) is 13.2 Å². The molecule has 0 bridgehead atoms. The Morgan fingerprint density at radius 3 is 2.61 bits per heavy atom. The Morgan fingerprint density at radius 1 is 1.22 bits per heavy atom. The second-order valence-electron chi connectivity index (χ2n) is 5.20. The molecule has 1 amide bonds. The van der Waals surface area contributed by atoms with E-state index in [-0.39, 0.29) is 17.7 Å². The lowest BCUT2D eigenvalue weighted by molar-refractivity contribution is -0.141. The molecule has 1 atom stereocenters. The number of hydrogen-bond donors (Lipinski definition) is 0. The number of halogens is 3. The lowest BCUT2D eigenvalue weighted by Crippen LogP contribution is -2.39. The molecule has 2 heterocycles. The number of amides is 1. The van der Waals surface area contributed by atoms with Crippen LogP contribution >= 0.6 is 11.8 Å². The number of carbonyl (C=O) groups is 1. The maximum Gasteiger partial charge on any atom is 0.433 e. The van der Waals surface area contributed by atoms with Gasteiger partial charge in [0.05, 0.1) is 17.5 Å². The number of pyridine rings is 1. The fourth-order valence-corrected chi connectivity index (χ4v) is 3.46. The Bertz CT molecular complexity index is 731. The first kappa shape index (κ1) is 15.9. The molecule has 1 aliphatic heterocycles. The van der Waals surface area contributed by atoms with Crippen molar-refractivity contribution in [1.29, 1.82) is 0 Å². The quantitative estimate of drug-likeness (QED) is 0.825. The van der Waals surface area contributed by atoms with E-state index < -0.39 is 11.9 Å². The third-order valence-corrected chi connectivity index (χ3v) is 4.68. The molecule has 0 N–H and O–H groups in total. The van der Waals surface area contributed by atoms with E-state index in [2.05, 4.69) is 4.98 Å². The molecule has 1 aromatic heterocycles. The van der Waals surface area contributed by atoms with Crippen LogP contribution in [0, 0.1) is 0 Å². The standard InChI is InChI=1S/C16H13F3N2OS/c1-10-15(22)21(12-4-2-3-5-13(12)23-10)9-11-6-7-14(20-8-11)16(17,18)19/h2-8,10H,9H2,1H3. The number of thioether (sulfide) groups is 1. The SMILES string of the molecule is CC1Sc2ccccc2N(Cc2ccc(C(F)(F)F)nc2)C1=O. The first-order valence-corrected chi connectivity index (χ1v) is 7.83. The lowest BCUT2D eigenvalue weighted by atomic mass is 10.2. The van der Waals surface area contributed by atoms with Gasteiger partial charge in [-0.15, -0.1) is 11.8 Å². The van der Waals surface area contributed by atoms with Crippen molar-refractivity contribution in [1.82, 2.24) is 4.98 Å². The van der Waals surface area contributed by atoms with Gasteiger partial charge in [0, 0.05) is 11.1 Å². The molecule has 0 radical (unpaired) electrons. The van der Waals surface area contributed by atoms with Crippen LogP contribution in [0.25, 0.3) is 0 Å².